The maximum atomic E-state index is 13.3. The molecule has 1 aliphatic carbocycles. The van der Waals surface area contributed by atoms with Crippen LogP contribution in [0.15, 0.2) is 0 Å². The largest absolute Gasteiger partial charge is 0.343 e. The Hall–Kier alpha value is -1.14. The van der Waals surface area contributed by atoms with Gasteiger partial charge < -0.3 is 20.9 Å². The summed E-state index contributed by atoms with van der Waals surface area (Å²) < 4.78 is 0. The molecule has 6 nitrogen and oxygen atoms in total. The standard InChI is InChI=1S/C18H32N4O2/c1-12(19-2)17(23)21-16(13-6-4-3-5-7-13)18(24)22-11-9-14-15(22)8-10-20-14/h12-16,19-20H,3-11H2,1-2H3,(H,21,23). The maximum absolute atomic E-state index is 13.3. The Morgan fingerprint density at radius 2 is 1.88 bits per heavy atom. The van der Waals surface area contributed by atoms with Crippen molar-refractivity contribution in [2.24, 2.45) is 5.92 Å². The Kier molecular flexibility index (Phi) is 5.76. The highest BCUT2D eigenvalue weighted by Gasteiger charge is 2.43. The topological polar surface area (TPSA) is 73.5 Å². The average molecular weight is 336 g/mol. The summed E-state index contributed by atoms with van der Waals surface area (Å²) in [5.41, 5.74) is 0. The van der Waals surface area contributed by atoms with Crippen LogP contribution in [-0.2, 0) is 9.59 Å². The molecule has 2 heterocycles. The Balaban J connectivity index is 1.72. The van der Waals surface area contributed by atoms with Crippen molar-refractivity contribution in [1.29, 1.82) is 0 Å². The molecule has 2 aliphatic heterocycles. The number of nitrogens with one attached hydrogen (secondary N) is 3. The molecule has 3 rings (SSSR count). The second kappa shape index (κ2) is 7.83. The van der Waals surface area contributed by atoms with Gasteiger partial charge >= 0.3 is 0 Å². The molecule has 3 aliphatic rings. The number of fused-ring (bicyclic) bond motifs is 1. The fraction of sp³-hybridized carbons (Fsp3) is 0.889. The van der Waals surface area contributed by atoms with Gasteiger partial charge in [-0.1, -0.05) is 19.3 Å². The van der Waals surface area contributed by atoms with Crippen molar-refractivity contribution >= 4 is 11.8 Å². The molecule has 0 aromatic rings. The van der Waals surface area contributed by atoms with Crippen LogP contribution in [0.5, 0.6) is 0 Å². The van der Waals surface area contributed by atoms with Crippen LogP contribution >= 0.6 is 0 Å². The number of rotatable bonds is 5. The van der Waals surface area contributed by atoms with Crippen LogP contribution in [0, 0.1) is 5.92 Å². The van der Waals surface area contributed by atoms with Crippen LogP contribution in [0.1, 0.15) is 51.9 Å². The smallest absolute Gasteiger partial charge is 0.245 e. The van der Waals surface area contributed by atoms with E-state index in [9.17, 15) is 9.59 Å². The minimum absolute atomic E-state index is 0.0679. The van der Waals surface area contributed by atoms with E-state index >= 15 is 0 Å². The first kappa shape index (κ1) is 17.7. The van der Waals surface area contributed by atoms with Gasteiger partial charge in [0.2, 0.25) is 11.8 Å². The highest BCUT2D eigenvalue weighted by Crippen LogP contribution is 2.31. The number of nitrogens with zero attached hydrogens (tertiary/aromatic N) is 1. The first-order chi connectivity index (χ1) is 11.6. The molecule has 0 spiro atoms. The van der Waals surface area contributed by atoms with Crippen molar-refractivity contribution in [2.45, 2.75) is 76.0 Å². The third kappa shape index (κ3) is 3.59. The summed E-state index contributed by atoms with van der Waals surface area (Å²) in [4.78, 5) is 27.8. The predicted octanol–water partition coefficient (Wildman–Crippen LogP) is 0.622. The van der Waals surface area contributed by atoms with Crippen molar-refractivity contribution in [1.82, 2.24) is 20.9 Å². The van der Waals surface area contributed by atoms with E-state index < -0.39 is 0 Å². The van der Waals surface area contributed by atoms with Crippen LogP contribution in [0.25, 0.3) is 0 Å². The van der Waals surface area contributed by atoms with Crippen molar-refractivity contribution in [2.75, 3.05) is 20.1 Å². The number of amides is 2. The van der Waals surface area contributed by atoms with Crippen LogP contribution in [0.3, 0.4) is 0 Å². The average Bonchev–Trinajstić information content (AvgIpc) is 3.22. The van der Waals surface area contributed by atoms with Crippen molar-refractivity contribution in [3.05, 3.63) is 0 Å². The molecule has 4 unspecified atom stereocenters. The van der Waals surface area contributed by atoms with E-state index in [4.69, 9.17) is 0 Å². The molecule has 2 saturated heterocycles. The molecule has 0 radical (unpaired) electrons. The van der Waals surface area contributed by atoms with Crippen molar-refractivity contribution in [3.63, 3.8) is 0 Å². The third-order valence-corrected chi connectivity index (χ3v) is 6.19. The van der Waals surface area contributed by atoms with Crippen LogP contribution < -0.4 is 16.0 Å². The zero-order chi connectivity index (χ0) is 17.1. The normalized spacial score (nSPS) is 30.0. The summed E-state index contributed by atoms with van der Waals surface area (Å²) in [6.07, 6.45) is 7.74. The molecule has 4 atom stereocenters. The molecule has 1 saturated carbocycles. The second-order valence-electron chi connectivity index (χ2n) is 7.63. The van der Waals surface area contributed by atoms with E-state index in [1.165, 1.54) is 19.3 Å². The number of likely N-dealkylation sites (tertiary alicyclic amines) is 1. The summed E-state index contributed by atoms with van der Waals surface area (Å²) in [5, 5.41) is 9.55. The van der Waals surface area contributed by atoms with Crippen LogP contribution in [0.2, 0.25) is 0 Å². The molecule has 3 fully saturated rings. The molecule has 2 amide bonds. The van der Waals surface area contributed by atoms with Gasteiger partial charge in [0.15, 0.2) is 0 Å². The first-order valence-electron chi connectivity index (χ1n) is 9.63. The Bertz CT molecular complexity index is 464. The summed E-state index contributed by atoms with van der Waals surface area (Å²) in [6.45, 7) is 3.66. The van der Waals surface area contributed by atoms with Gasteiger partial charge in [0.1, 0.15) is 6.04 Å². The van der Waals surface area contributed by atoms with Gasteiger partial charge in [0.05, 0.1) is 6.04 Å². The summed E-state index contributed by atoms with van der Waals surface area (Å²) in [7, 11) is 1.77. The highest BCUT2D eigenvalue weighted by atomic mass is 16.2. The molecule has 0 aromatic carbocycles. The summed E-state index contributed by atoms with van der Waals surface area (Å²) in [6, 6.07) is 0.145. The molecule has 6 heteroatoms. The lowest BCUT2D eigenvalue weighted by Crippen LogP contribution is -2.56. The molecule has 0 bridgehead atoms. The van der Waals surface area contributed by atoms with Crippen LogP contribution in [-0.4, -0.2) is 61.0 Å². The lowest BCUT2D eigenvalue weighted by Gasteiger charge is -2.35. The lowest BCUT2D eigenvalue weighted by atomic mass is 9.83. The molecular weight excluding hydrogens is 304 g/mol. The number of hydrogen-bond donors (Lipinski definition) is 3. The van der Waals surface area contributed by atoms with E-state index in [0.717, 1.165) is 38.8 Å². The monoisotopic (exact) mass is 336 g/mol. The minimum atomic E-state index is -0.354. The molecule has 0 aromatic heterocycles. The summed E-state index contributed by atoms with van der Waals surface area (Å²) >= 11 is 0. The fourth-order valence-corrected chi connectivity index (χ4v) is 4.58. The SMILES string of the molecule is CNC(C)C(=O)NC(C(=O)N1CCC2NCCC21)C1CCCCC1. The van der Waals surface area contributed by atoms with Gasteiger partial charge in [-0.15, -0.1) is 0 Å². The predicted molar refractivity (Wildman–Crippen MR) is 93.6 cm³/mol. The van der Waals surface area contributed by atoms with E-state index in [2.05, 4.69) is 16.0 Å². The van der Waals surface area contributed by atoms with Crippen LogP contribution in [0.4, 0.5) is 0 Å². The zero-order valence-electron chi connectivity index (χ0n) is 15.0. The highest BCUT2D eigenvalue weighted by molar-refractivity contribution is 5.90. The van der Waals surface area contributed by atoms with Crippen molar-refractivity contribution < 1.29 is 9.59 Å². The minimum Gasteiger partial charge on any atom is -0.343 e. The molecule has 3 N–H and O–H groups in total. The third-order valence-electron chi connectivity index (χ3n) is 6.19. The molecular formula is C18H32N4O2. The second-order valence-corrected chi connectivity index (χ2v) is 7.63. The van der Waals surface area contributed by atoms with Gasteiger partial charge in [-0.05, 0) is 52.1 Å². The Morgan fingerprint density at radius 3 is 2.58 bits per heavy atom. The van der Waals surface area contributed by atoms with E-state index in [0.29, 0.717) is 12.1 Å². The zero-order valence-corrected chi connectivity index (χ0v) is 15.0. The van der Waals surface area contributed by atoms with Crippen molar-refractivity contribution in [3.8, 4) is 0 Å². The van der Waals surface area contributed by atoms with Gasteiger partial charge in [-0.3, -0.25) is 9.59 Å². The molecule has 136 valence electrons. The lowest BCUT2D eigenvalue weighted by molar-refractivity contribution is -0.139. The molecule has 24 heavy (non-hydrogen) atoms. The van der Waals surface area contributed by atoms with Gasteiger partial charge in [0, 0.05) is 18.6 Å². The van der Waals surface area contributed by atoms with Gasteiger partial charge in [-0.2, -0.15) is 0 Å². The first-order valence-corrected chi connectivity index (χ1v) is 9.63. The number of carbonyl (C=O) groups is 2. The van der Waals surface area contributed by atoms with Gasteiger partial charge in [0.25, 0.3) is 0 Å². The maximum Gasteiger partial charge on any atom is 0.245 e. The van der Waals surface area contributed by atoms with E-state index in [1.807, 2.05) is 11.8 Å². The number of hydrogen-bond acceptors (Lipinski definition) is 4. The quantitative estimate of drug-likeness (QED) is 0.688. The van der Waals surface area contributed by atoms with E-state index in [-0.39, 0.29) is 29.8 Å². The van der Waals surface area contributed by atoms with E-state index in [1.54, 1.807) is 7.05 Å². The fourth-order valence-electron chi connectivity index (χ4n) is 4.58. The number of likely N-dealkylation sites (N-methyl/N-ethyl adjacent to an activating group) is 1. The summed E-state index contributed by atoms with van der Waals surface area (Å²) in [5.74, 6) is 0.365. The van der Waals surface area contributed by atoms with Gasteiger partial charge in [-0.25, -0.2) is 0 Å². The Morgan fingerprint density at radius 1 is 1.12 bits per heavy atom. The Labute approximate surface area is 145 Å². The number of carbonyl (C=O) groups excluding carboxylic acids is 2.